The highest BCUT2D eigenvalue weighted by molar-refractivity contribution is 6.27. The molecule has 3 heterocycles. The molecule has 2 N–H and O–H groups in total. The molecule has 45 heavy (non-hydrogen) atoms. The smallest absolute Gasteiger partial charge is 0.248 e. The van der Waals surface area contributed by atoms with E-state index in [1.807, 2.05) is 65.7 Å². The molecule has 1 unspecified atom stereocenters. The van der Waals surface area contributed by atoms with Crippen LogP contribution in [0.3, 0.4) is 0 Å². The van der Waals surface area contributed by atoms with Gasteiger partial charge in [0, 0.05) is 56.1 Å². The summed E-state index contributed by atoms with van der Waals surface area (Å²) in [4.78, 5) is 63.8. The van der Waals surface area contributed by atoms with Crippen LogP contribution in [0.25, 0.3) is 10.9 Å². The zero-order valence-electron chi connectivity index (χ0n) is 25.8. The predicted octanol–water partition coefficient (Wildman–Crippen LogP) is 4.21. The number of hydrogen-bond acceptors (Lipinski definition) is 4. The van der Waals surface area contributed by atoms with Crippen molar-refractivity contribution in [3.63, 3.8) is 0 Å². The highest BCUT2D eigenvalue weighted by atomic mass is 35.5. The third kappa shape index (κ3) is 6.19. The number of amides is 4. The molecule has 9 nitrogen and oxygen atoms in total. The molecule has 1 aliphatic carbocycles. The largest absolute Gasteiger partial charge is 0.361 e. The number of alkyl halides is 1. The maximum Gasteiger partial charge on any atom is 0.248 e. The molecule has 238 valence electrons. The minimum atomic E-state index is -1.06. The van der Waals surface area contributed by atoms with Gasteiger partial charge in [0.2, 0.25) is 23.6 Å². The van der Waals surface area contributed by atoms with Gasteiger partial charge in [-0.05, 0) is 62.1 Å². The number of halogens is 1. The third-order valence-corrected chi connectivity index (χ3v) is 10.2. The molecule has 4 amide bonds. The van der Waals surface area contributed by atoms with Crippen LogP contribution in [0.1, 0.15) is 62.0 Å². The van der Waals surface area contributed by atoms with Crippen LogP contribution in [0, 0.1) is 0 Å². The Balaban J connectivity index is 1.28. The first-order valence-corrected chi connectivity index (χ1v) is 16.7. The van der Waals surface area contributed by atoms with E-state index in [0.717, 1.165) is 54.1 Å². The van der Waals surface area contributed by atoms with Gasteiger partial charge < -0.3 is 25.0 Å². The van der Waals surface area contributed by atoms with E-state index in [0.29, 0.717) is 38.9 Å². The van der Waals surface area contributed by atoms with Crippen molar-refractivity contribution in [1.82, 2.24) is 25.0 Å². The predicted molar refractivity (Wildman–Crippen MR) is 174 cm³/mol. The molecule has 1 saturated carbocycles. The molecule has 2 saturated heterocycles. The zero-order valence-corrected chi connectivity index (χ0v) is 26.6. The molecule has 2 aromatic carbocycles. The van der Waals surface area contributed by atoms with Gasteiger partial charge in [0.15, 0.2) is 0 Å². The number of nitrogens with one attached hydrogen (secondary N) is 2. The fraction of sp³-hybridized carbons (Fsp3) is 0.486. The number of H-pyrrole nitrogens is 1. The molecule has 2 aliphatic heterocycles. The Hall–Kier alpha value is -3.85. The second-order valence-corrected chi connectivity index (χ2v) is 13.0. The third-order valence-electron chi connectivity index (χ3n) is 9.95. The molecule has 1 aromatic heterocycles. The van der Waals surface area contributed by atoms with Gasteiger partial charge in [-0.25, -0.2) is 0 Å². The summed E-state index contributed by atoms with van der Waals surface area (Å²) in [7, 11) is 1.59. The summed E-state index contributed by atoms with van der Waals surface area (Å²) in [5, 5.41) is 4.29. The van der Waals surface area contributed by atoms with Crippen LogP contribution in [0.5, 0.6) is 0 Å². The Bertz CT molecular complexity index is 1550. The molecule has 0 spiro atoms. The number of nitrogens with zero attached hydrogens (tertiary/aromatic N) is 3. The van der Waals surface area contributed by atoms with E-state index in [9.17, 15) is 19.2 Å². The Labute approximate surface area is 269 Å². The van der Waals surface area contributed by atoms with Crippen molar-refractivity contribution in [3.05, 3.63) is 71.9 Å². The molecular formula is C35H42ClN5O4. The van der Waals surface area contributed by atoms with E-state index in [1.165, 1.54) is 4.90 Å². The van der Waals surface area contributed by atoms with Gasteiger partial charge in [-0.2, -0.15) is 0 Å². The number of benzene rings is 2. The summed E-state index contributed by atoms with van der Waals surface area (Å²) >= 11 is 5.91. The van der Waals surface area contributed by atoms with Crippen molar-refractivity contribution in [2.24, 2.45) is 0 Å². The van der Waals surface area contributed by atoms with Crippen molar-refractivity contribution in [2.75, 3.05) is 32.6 Å². The summed E-state index contributed by atoms with van der Waals surface area (Å²) in [6.45, 7) is 1.78. The van der Waals surface area contributed by atoms with E-state index >= 15 is 0 Å². The molecule has 3 aliphatic rings. The topological polar surface area (TPSA) is 106 Å². The zero-order chi connectivity index (χ0) is 31.6. The molecule has 0 radical (unpaired) electrons. The first-order chi connectivity index (χ1) is 21.8. The number of aromatic amines is 1. The molecule has 3 aromatic rings. The lowest BCUT2D eigenvalue weighted by atomic mass is 9.96. The van der Waals surface area contributed by atoms with Crippen molar-refractivity contribution < 1.29 is 19.2 Å². The first-order valence-electron chi connectivity index (χ1n) is 16.2. The van der Waals surface area contributed by atoms with Gasteiger partial charge >= 0.3 is 0 Å². The summed E-state index contributed by atoms with van der Waals surface area (Å²) in [5.41, 5.74) is 1.88. The van der Waals surface area contributed by atoms with Crippen LogP contribution < -0.4 is 5.32 Å². The average molecular weight is 632 g/mol. The maximum atomic E-state index is 14.3. The fourth-order valence-electron chi connectivity index (χ4n) is 7.29. The standard InChI is InChI=1S/C35H42ClN5O4/c1-39(31(42)22-36)30(20-24-12-4-2-5-13-24)33(44)41-19-11-8-16-29(41)32(43)38-35(34(45)40-17-9-3-10-18-40)21-27(35)26-23-37-28-15-7-6-14-25(26)28/h2,4-7,12-15,23,27,29-30,37H,3,8-11,16-22H2,1H3,(H,38,43)/t27-,29-,30-,35?/m0/s1. The maximum absolute atomic E-state index is 14.3. The van der Waals surface area contributed by atoms with Crippen LogP contribution in [-0.4, -0.2) is 93.5 Å². The Kier molecular flexibility index (Phi) is 9.17. The van der Waals surface area contributed by atoms with Gasteiger partial charge in [0.05, 0.1) is 0 Å². The number of likely N-dealkylation sites (N-methyl/N-ethyl adjacent to an activating group) is 1. The molecule has 3 fully saturated rings. The summed E-state index contributed by atoms with van der Waals surface area (Å²) < 4.78 is 0. The summed E-state index contributed by atoms with van der Waals surface area (Å²) in [6, 6.07) is 16.0. The number of likely N-dealkylation sites (tertiary alicyclic amines) is 2. The fourth-order valence-corrected chi connectivity index (χ4v) is 7.47. The lowest BCUT2D eigenvalue weighted by Gasteiger charge is -2.40. The number of aromatic nitrogens is 1. The van der Waals surface area contributed by atoms with Crippen molar-refractivity contribution in [1.29, 1.82) is 0 Å². The summed E-state index contributed by atoms with van der Waals surface area (Å²) in [5.74, 6) is -1.38. The van der Waals surface area contributed by atoms with Crippen LogP contribution >= 0.6 is 11.6 Å². The second kappa shape index (κ2) is 13.3. The molecule has 10 heteroatoms. The van der Waals surface area contributed by atoms with Gasteiger partial charge in [0.25, 0.3) is 0 Å². The second-order valence-electron chi connectivity index (χ2n) is 12.7. The number of carbonyl (C=O) groups excluding carboxylic acids is 4. The van der Waals surface area contributed by atoms with Crippen molar-refractivity contribution >= 4 is 46.1 Å². The summed E-state index contributed by atoms with van der Waals surface area (Å²) in [6.07, 6.45) is 7.83. The lowest BCUT2D eigenvalue weighted by molar-refractivity contribution is -0.150. The minimum absolute atomic E-state index is 0.0334. The Morgan fingerprint density at radius 1 is 0.978 bits per heavy atom. The van der Waals surface area contributed by atoms with Crippen molar-refractivity contribution in [3.8, 4) is 0 Å². The highest BCUT2D eigenvalue weighted by Crippen LogP contribution is 2.54. The number of rotatable bonds is 9. The monoisotopic (exact) mass is 631 g/mol. The number of hydrogen-bond donors (Lipinski definition) is 2. The van der Waals surface area contributed by atoms with Gasteiger partial charge in [-0.3, -0.25) is 19.2 Å². The number of para-hydroxylation sites is 1. The van der Waals surface area contributed by atoms with Crippen LogP contribution in [0.2, 0.25) is 0 Å². The van der Waals surface area contributed by atoms with E-state index in [1.54, 1.807) is 11.9 Å². The van der Waals surface area contributed by atoms with E-state index in [-0.39, 0.29) is 35.4 Å². The molecule has 6 rings (SSSR count). The van der Waals surface area contributed by atoms with E-state index in [4.69, 9.17) is 11.6 Å². The van der Waals surface area contributed by atoms with Gasteiger partial charge in [-0.15, -0.1) is 11.6 Å². The Morgan fingerprint density at radius 3 is 2.44 bits per heavy atom. The molecular weight excluding hydrogens is 590 g/mol. The van der Waals surface area contributed by atoms with Gasteiger partial charge in [-0.1, -0.05) is 48.5 Å². The first kappa shape index (κ1) is 31.1. The van der Waals surface area contributed by atoms with Crippen LogP contribution in [0.4, 0.5) is 0 Å². The normalized spacial score (nSPS) is 23.8. The average Bonchev–Trinajstić information content (AvgIpc) is 3.64. The molecule has 4 atom stereocenters. The van der Waals surface area contributed by atoms with Crippen LogP contribution in [0.15, 0.2) is 60.8 Å². The van der Waals surface area contributed by atoms with E-state index in [2.05, 4.69) is 10.3 Å². The van der Waals surface area contributed by atoms with Crippen LogP contribution in [-0.2, 0) is 25.6 Å². The van der Waals surface area contributed by atoms with Crippen molar-refractivity contribution in [2.45, 2.75) is 74.9 Å². The Morgan fingerprint density at radius 2 is 1.69 bits per heavy atom. The number of piperidine rings is 2. The lowest BCUT2D eigenvalue weighted by Crippen LogP contribution is -2.61. The quantitative estimate of drug-likeness (QED) is 0.345. The van der Waals surface area contributed by atoms with Gasteiger partial charge in [0.1, 0.15) is 23.5 Å². The number of fused-ring (bicyclic) bond motifs is 1. The molecule has 0 bridgehead atoms. The highest BCUT2D eigenvalue weighted by Gasteiger charge is 2.64. The van der Waals surface area contributed by atoms with E-state index < -0.39 is 17.6 Å². The number of carbonyl (C=O) groups is 4. The SMILES string of the molecule is CN(C(=O)CCl)[C@@H](Cc1ccccc1)C(=O)N1CCCC[C@H]1C(=O)NC1(C(=O)N2CCCCC2)C[C@H]1c1c[nH]c2ccccc12. The minimum Gasteiger partial charge on any atom is -0.361 e.